The number of rotatable bonds is 2. The number of hydrogen-bond donors (Lipinski definition) is 1. The van der Waals surface area contributed by atoms with Gasteiger partial charge in [0, 0.05) is 24.0 Å². The Morgan fingerprint density at radius 2 is 2.00 bits per heavy atom. The molecule has 96 valence electrons. The minimum Gasteiger partial charge on any atom is -0.506 e. The molecule has 0 spiro atoms. The van der Waals surface area contributed by atoms with Crippen molar-refractivity contribution in [2.75, 3.05) is 0 Å². The molecule has 0 aliphatic rings. The smallest absolute Gasteiger partial charge is 0.143 e. The molecular weight excluding hydrogens is 240 g/mol. The zero-order valence-electron chi connectivity index (χ0n) is 10.8. The number of imidazole rings is 1. The predicted molar refractivity (Wildman–Crippen MR) is 72.8 cm³/mol. The van der Waals surface area contributed by atoms with E-state index in [1.165, 1.54) is 6.20 Å². The molecule has 0 amide bonds. The van der Waals surface area contributed by atoms with Crippen molar-refractivity contribution in [3.8, 4) is 17.1 Å². The second kappa shape index (κ2) is 4.35. The van der Waals surface area contributed by atoms with Gasteiger partial charge in [-0.1, -0.05) is 0 Å². The van der Waals surface area contributed by atoms with E-state index in [4.69, 9.17) is 0 Å². The van der Waals surface area contributed by atoms with Crippen LogP contribution in [0.5, 0.6) is 5.75 Å². The van der Waals surface area contributed by atoms with Crippen LogP contribution in [-0.4, -0.2) is 24.6 Å². The first kappa shape index (κ1) is 11.6. The van der Waals surface area contributed by atoms with Crippen LogP contribution in [0.15, 0.2) is 36.9 Å². The van der Waals surface area contributed by atoms with Gasteiger partial charge in [0.15, 0.2) is 0 Å². The molecule has 0 fully saturated rings. The van der Waals surface area contributed by atoms with Crippen molar-refractivity contribution in [3.05, 3.63) is 36.9 Å². The monoisotopic (exact) mass is 254 g/mol. The summed E-state index contributed by atoms with van der Waals surface area (Å²) in [5, 5.41) is 9.57. The zero-order chi connectivity index (χ0) is 13.4. The van der Waals surface area contributed by atoms with Gasteiger partial charge in [0.05, 0.1) is 17.9 Å². The van der Waals surface area contributed by atoms with Gasteiger partial charge in [-0.15, -0.1) is 0 Å². The first-order valence-electron chi connectivity index (χ1n) is 6.13. The summed E-state index contributed by atoms with van der Waals surface area (Å²) in [6.07, 6.45) is 6.61. The molecule has 0 unspecified atom stereocenters. The lowest BCUT2D eigenvalue weighted by Crippen LogP contribution is -2.03. The topological polar surface area (TPSA) is 63.8 Å². The van der Waals surface area contributed by atoms with E-state index in [1.54, 1.807) is 24.7 Å². The van der Waals surface area contributed by atoms with E-state index >= 15 is 0 Å². The summed E-state index contributed by atoms with van der Waals surface area (Å²) >= 11 is 0. The van der Waals surface area contributed by atoms with Crippen LogP contribution < -0.4 is 0 Å². The standard InChI is InChI=1S/C14H14N4O/c1-9(2)18-13-3-4-15-8-12(13)17-14(18)10-5-11(19)7-16-6-10/h3-9,19H,1-2H3. The highest BCUT2D eigenvalue weighted by molar-refractivity contribution is 5.80. The molecule has 0 aliphatic carbocycles. The van der Waals surface area contributed by atoms with Crippen molar-refractivity contribution in [1.82, 2.24) is 19.5 Å². The minimum atomic E-state index is 0.137. The van der Waals surface area contributed by atoms with E-state index in [1.807, 2.05) is 6.07 Å². The summed E-state index contributed by atoms with van der Waals surface area (Å²) in [6.45, 7) is 4.20. The van der Waals surface area contributed by atoms with Crippen molar-refractivity contribution in [2.24, 2.45) is 0 Å². The summed E-state index contributed by atoms with van der Waals surface area (Å²) in [4.78, 5) is 12.7. The Kier molecular flexibility index (Phi) is 2.67. The van der Waals surface area contributed by atoms with Gasteiger partial charge in [0.2, 0.25) is 0 Å². The Bertz CT molecular complexity index is 733. The van der Waals surface area contributed by atoms with Gasteiger partial charge in [-0.2, -0.15) is 0 Å². The Morgan fingerprint density at radius 1 is 1.16 bits per heavy atom. The maximum absolute atomic E-state index is 9.57. The molecule has 0 saturated heterocycles. The van der Waals surface area contributed by atoms with Crippen LogP contribution in [0.4, 0.5) is 0 Å². The molecule has 0 radical (unpaired) electrons. The summed E-state index contributed by atoms with van der Waals surface area (Å²) in [7, 11) is 0. The van der Waals surface area contributed by atoms with Crippen molar-refractivity contribution in [3.63, 3.8) is 0 Å². The number of nitrogens with zero attached hydrogens (tertiary/aromatic N) is 4. The summed E-state index contributed by atoms with van der Waals surface area (Å²) < 4.78 is 2.12. The second-order valence-corrected chi connectivity index (χ2v) is 4.70. The first-order valence-corrected chi connectivity index (χ1v) is 6.13. The van der Waals surface area contributed by atoms with Crippen LogP contribution in [0, 0.1) is 0 Å². The number of pyridine rings is 2. The van der Waals surface area contributed by atoms with Crippen LogP contribution in [-0.2, 0) is 0 Å². The van der Waals surface area contributed by atoms with Crippen LogP contribution in [0.2, 0.25) is 0 Å². The second-order valence-electron chi connectivity index (χ2n) is 4.70. The summed E-state index contributed by atoms with van der Waals surface area (Å²) in [5.74, 6) is 0.930. The maximum Gasteiger partial charge on any atom is 0.143 e. The van der Waals surface area contributed by atoms with Crippen LogP contribution in [0.3, 0.4) is 0 Å². The molecule has 0 bridgehead atoms. The summed E-state index contributed by atoms with van der Waals surface area (Å²) in [5.41, 5.74) is 2.67. The molecule has 0 aliphatic heterocycles. The average Bonchev–Trinajstić information content (AvgIpc) is 2.78. The van der Waals surface area contributed by atoms with Gasteiger partial charge in [-0.05, 0) is 26.0 Å². The third-order valence-electron chi connectivity index (χ3n) is 2.99. The fourth-order valence-electron chi connectivity index (χ4n) is 2.23. The quantitative estimate of drug-likeness (QED) is 0.763. The van der Waals surface area contributed by atoms with Gasteiger partial charge < -0.3 is 9.67 Å². The number of fused-ring (bicyclic) bond motifs is 1. The molecule has 5 heteroatoms. The van der Waals surface area contributed by atoms with Crippen molar-refractivity contribution in [2.45, 2.75) is 19.9 Å². The largest absolute Gasteiger partial charge is 0.506 e. The van der Waals surface area contributed by atoms with Crippen LogP contribution in [0.1, 0.15) is 19.9 Å². The highest BCUT2D eigenvalue weighted by atomic mass is 16.3. The third kappa shape index (κ3) is 1.93. The minimum absolute atomic E-state index is 0.137. The van der Waals surface area contributed by atoms with Gasteiger partial charge in [-0.25, -0.2) is 4.98 Å². The highest BCUT2D eigenvalue weighted by Crippen LogP contribution is 2.28. The van der Waals surface area contributed by atoms with Crippen molar-refractivity contribution in [1.29, 1.82) is 0 Å². The van der Waals surface area contributed by atoms with Gasteiger partial charge >= 0.3 is 0 Å². The molecule has 3 heterocycles. The first-order chi connectivity index (χ1) is 9.16. The molecule has 1 N–H and O–H groups in total. The fraction of sp³-hybridized carbons (Fsp3) is 0.214. The lowest BCUT2D eigenvalue weighted by atomic mass is 10.2. The van der Waals surface area contributed by atoms with Crippen molar-refractivity contribution >= 4 is 11.0 Å². The molecule has 3 aromatic heterocycles. The lowest BCUT2D eigenvalue weighted by Gasteiger charge is -2.12. The predicted octanol–water partition coefficient (Wildman–Crippen LogP) is 2.78. The fourth-order valence-corrected chi connectivity index (χ4v) is 2.23. The average molecular weight is 254 g/mol. The number of hydrogen-bond acceptors (Lipinski definition) is 4. The maximum atomic E-state index is 9.57. The Hall–Kier alpha value is -2.43. The third-order valence-corrected chi connectivity index (χ3v) is 2.99. The molecule has 0 aromatic carbocycles. The molecule has 0 atom stereocenters. The molecular formula is C14H14N4O. The Balaban J connectivity index is 2.31. The molecule has 5 nitrogen and oxygen atoms in total. The number of aromatic hydroxyl groups is 1. The molecule has 3 rings (SSSR count). The van der Waals surface area contributed by atoms with E-state index in [0.29, 0.717) is 0 Å². The Labute approximate surface area is 110 Å². The normalized spacial score (nSPS) is 11.3. The van der Waals surface area contributed by atoms with E-state index in [2.05, 4.69) is 33.4 Å². The van der Waals surface area contributed by atoms with Gasteiger partial charge in [0.25, 0.3) is 0 Å². The number of aromatic nitrogens is 4. The molecule has 3 aromatic rings. The Morgan fingerprint density at radius 3 is 2.74 bits per heavy atom. The van der Waals surface area contributed by atoms with E-state index in [9.17, 15) is 5.11 Å². The van der Waals surface area contributed by atoms with E-state index < -0.39 is 0 Å². The summed E-state index contributed by atoms with van der Waals surface area (Å²) in [6, 6.07) is 3.87. The molecule has 19 heavy (non-hydrogen) atoms. The zero-order valence-corrected chi connectivity index (χ0v) is 10.8. The lowest BCUT2D eigenvalue weighted by molar-refractivity contribution is 0.473. The molecule has 0 saturated carbocycles. The van der Waals surface area contributed by atoms with Crippen molar-refractivity contribution < 1.29 is 5.11 Å². The van der Waals surface area contributed by atoms with E-state index in [-0.39, 0.29) is 11.8 Å². The van der Waals surface area contributed by atoms with Crippen LogP contribution in [0.25, 0.3) is 22.4 Å². The van der Waals surface area contributed by atoms with Gasteiger partial charge in [-0.3, -0.25) is 9.97 Å². The van der Waals surface area contributed by atoms with Crippen LogP contribution >= 0.6 is 0 Å². The highest BCUT2D eigenvalue weighted by Gasteiger charge is 2.15. The van der Waals surface area contributed by atoms with E-state index in [0.717, 1.165) is 22.4 Å². The van der Waals surface area contributed by atoms with Gasteiger partial charge in [0.1, 0.15) is 17.1 Å². The SMILES string of the molecule is CC(C)n1c(-c2cncc(O)c2)nc2cnccc21.